The molecule has 0 aromatic heterocycles. The fraction of sp³-hybridized carbons (Fsp3) is 0.286. The molecule has 0 aliphatic carbocycles. The molecule has 0 aliphatic rings. The molecule has 0 unspecified atom stereocenters. The van der Waals surface area contributed by atoms with Crippen LogP contribution >= 0.6 is 11.6 Å². The van der Waals surface area contributed by atoms with E-state index in [0.717, 1.165) is 23.3 Å². The van der Waals surface area contributed by atoms with E-state index in [4.69, 9.17) is 27.6 Å². The summed E-state index contributed by atoms with van der Waals surface area (Å²) in [5.74, 6) is 1.63. The third kappa shape index (κ3) is 6.60. The largest absolute Gasteiger partial charge is 0.456 e. The van der Waals surface area contributed by atoms with E-state index in [1.807, 2.05) is 6.92 Å². The third-order valence-electron chi connectivity index (χ3n) is 4.08. The van der Waals surface area contributed by atoms with Crippen molar-refractivity contribution in [1.29, 1.82) is 0 Å². The van der Waals surface area contributed by atoms with Crippen molar-refractivity contribution >= 4 is 23.2 Å². The van der Waals surface area contributed by atoms with E-state index in [1.54, 1.807) is 0 Å². The fourth-order valence-corrected chi connectivity index (χ4v) is 2.88. The molecule has 0 aliphatic heterocycles. The number of nitro benzene ring substituents is 1. The number of hydroxylamine groups is 2. The minimum atomic E-state index is -4.57. The topological polar surface area (TPSA) is 81.9 Å². The van der Waals surface area contributed by atoms with Crippen LogP contribution in [0.3, 0.4) is 0 Å². The lowest BCUT2D eigenvalue weighted by atomic mass is 10.1. The van der Waals surface area contributed by atoms with E-state index in [1.165, 1.54) is 12.1 Å². The van der Waals surface area contributed by atoms with Gasteiger partial charge in [0.1, 0.15) is 18.1 Å². The van der Waals surface area contributed by atoms with Gasteiger partial charge >= 0.3 is 6.18 Å². The Hall–Kier alpha value is -3.29. The predicted molar refractivity (Wildman–Crippen MR) is 110 cm³/mol. The van der Waals surface area contributed by atoms with Crippen molar-refractivity contribution in [3.8, 4) is 23.8 Å². The summed E-state index contributed by atoms with van der Waals surface area (Å²) in [4.78, 5) is 28.5. The first-order chi connectivity index (χ1) is 15.1. The number of carbonyl (C=O) groups is 1. The van der Waals surface area contributed by atoms with Crippen LogP contribution in [-0.4, -0.2) is 29.0 Å². The Morgan fingerprint density at radius 1 is 1.28 bits per heavy atom. The van der Waals surface area contributed by atoms with Gasteiger partial charge in [-0.1, -0.05) is 24.4 Å². The van der Waals surface area contributed by atoms with Gasteiger partial charge in [0, 0.05) is 18.2 Å². The average molecular weight is 471 g/mol. The average Bonchev–Trinajstić information content (AvgIpc) is 2.71. The number of hydrogen-bond acceptors (Lipinski definition) is 5. The monoisotopic (exact) mass is 470 g/mol. The number of ether oxygens (including phenoxy) is 1. The molecule has 2 rings (SSSR count). The molecule has 7 nitrogen and oxygen atoms in total. The highest BCUT2D eigenvalue weighted by Crippen LogP contribution is 2.37. The number of amides is 1. The highest BCUT2D eigenvalue weighted by Gasteiger charge is 2.31. The summed E-state index contributed by atoms with van der Waals surface area (Å²) >= 11 is 5.89. The Balaban J connectivity index is 2.31. The molecule has 0 saturated carbocycles. The van der Waals surface area contributed by atoms with Gasteiger partial charge in [-0.3, -0.25) is 19.7 Å². The van der Waals surface area contributed by atoms with Gasteiger partial charge in [-0.2, -0.15) is 13.2 Å². The molecular weight excluding hydrogens is 453 g/mol. The normalized spacial score (nSPS) is 11.0. The zero-order chi connectivity index (χ0) is 23.9. The van der Waals surface area contributed by atoms with E-state index >= 15 is 0 Å². The van der Waals surface area contributed by atoms with Crippen molar-refractivity contribution in [3.63, 3.8) is 0 Å². The van der Waals surface area contributed by atoms with Crippen molar-refractivity contribution in [3.05, 3.63) is 62.7 Å². The standard InChI is InChI=1S/C21H18ClF3N2O5/c1-3-9-26(31-10-4-2)20(28)12-14-11-16(6-7-18(14)27(29)30)32-19-8-5-15(13-17(19)22)21(23,24)25/h2,5-8,11,13H,3,9-10,12H2,1H3. The van der Waals surface area contributed by atoms with Gasteiger partial charge in [0.25, 0.3) is 11.6 Å². The molecule has 0 atom stereocenters. The number of benzene rings is 2. The molecule has 0 saturated heterocycles. The maximum Gasteiger partial charge on any atom is 0.416 e. The van der Waals surface area contributed by atoms with Crippen LogP contribution in [0.5, 0.6) is 11.5 Å². The number of nitrogens with zero attached hydrogens (tertiary/aromatic N) is 2. The first-order valence-corrected chi connectivity index (χ1v) is 9.63. The van der Waals surface area contributed by atoms with Crippen molar-refractivity contribution in [2.45, 2.75) is 25.9 Å². The molecule has 0 heterocycles. The van der Waals surface area contributed by atoms with Crippen molar-refractivity contribution in [2.75, 3.05) is 13.2 Å². The van der Waals surface area contributed by atoms with Gasteiger partial charge in [-0.25, -0.2) is 5.06 Å². The Morgan fingerprint density at radius 2 is 2.00 bits per heavy atom. The van der Waals surface area contributed by atoms with Crippen molar-refractivity contribution in [2.24, 2.45) is 0 Å². The fourth-order valence-electron chi connectivity index (χ4n) is 2.66. The number of terminal acetylenes is 1. The van der Waals surface area contributed by atoms with Crippen LogP contribution in [0.4, 0.5) is 18.9 Å². The zero-order valence-electron chi connectivity index (χ0n) is 16.8. The molecule has 2 aromatic rings. The van der Waals surface area contributed by atoms with Gasteiger partial charge in [-0.15, -0.1) is 6.42 Å². The summed E-state index contributed by atoms with van der Waals surface area (Å²) in [7, 11) is 0. The molecular formula is C21H18ClF3N2O5. The second-order valence-electron chi connectivity index (χ2n) is 6.44. The van der Waals surface area contributed by atoms with Crippen LogP contribution in [0.15, 0.2) is 36.4 Å². The molecule has 0 N–H and O–H groups in total. The third-order valence-corrected chi connectivity index (χ3v) is 4.38. The predicted octanol–water partition coefficient (Wildman–Crippen LogP) is 5.41. The van der Waals surface area contributed by atoms with Gasteiger partial charge in [0.15, 0.2) is 0 Å². The molecule has 11 heteroatoms. The van der Waals surface area contributed by atoms with Crippen LogP contribution in [0.1, 0.15) is 24.5 Å². The summed E-state index contributed by atoms with van der Waals surface area (Å²) in [6, 6.07) is 6.16. The van der Waals surface area contributed by atoms with Crippen LogP contribution < -0.4 is 4.74 Å². The second-order valence-corrected chi connectivity index (χ2v) is 6.85. The Kier molecular flexibility index (Phi) is 8.46. The molecule has 0 radical (unpaired) electrons. The summed E-state index contributed by atoms with van der Waals surface area (Å²) in [6.07, 6.45) is 0.735. The van der Waals surface area contributed by atoms with Crippen LogP contribution in [0.25, 0.3) is 0 Å². The number of nitro groups is 1. The molecule has 2 aromatic carbocycles. The number of hydrogen-bond donors (Lipinski definition) is 0. The molecule has 0 spiro atoms. The lowest BCUT2D eigenvalue weighted by Gasteiger charge is -2.20. The van der Waals surface area contributed by atoms with E-state index in [2.05, 4.69) is 5.92 Å². The van der Waals surface area contributed by atoms with Crippen molar-refractivity contribution < 1.29 is 32.5 Å². The molecule has 0 fully saturated rings. The summed E-state index contributed by atoms with van der Waals surface area (Å²) in [5.41, 5.74) is -1.27. The second kappa shape index (κ2) is 10.8. The molecule has 170 valence electrons. The van der Waals surface area contributed by atoms with Gasteiger partial charge in [0.05, 0.1) is 21.9 Å². The van der Waals surface area contributed by atoms with E-state index < -0.39 is 29.0 Å². The quantitative estimate of drug-likeness (QED) is 0.278. The van der Waals surface area contributed by atoms with Crippen molar-refractivity contribution in [1.82, 2.24) is 5.06 Å². The Morgan fingerprint density at radius 3 is 2.56 bits per heavy atom. The lowest BCUT2D eigenvalue weighted by molar-refractivity contribution is -0.385. The zero-order valence-corrected chi connectivity index (χ0v) is 17.6. The maximum absolute atomic E-state index is 12.8. The molecule has 32 heavy (non-hydrogen) atoms. The van der Waals surface area contributed by atoms with Crippen LogP contribution in [0.2, 0.25) is 5.02 Å². The summed E-state index contributed by atoms with van der Waals surface area (Å²) < 4.78 is 43.9. The first kappa shape index (κ1) is 25.0. The number of alkyl halides is 3. The maximum atomic E-state index is 12.8. The first-order valence-electron chi connectivity index (χ1n) is 9.25. The summed E-state index contributed by atoms with van der Waals surface area (Å²) in [5, 5.41) is 12.1. The summed E-state index contributed by atoms with van der Waals surface area (Å²) in [6.45, 7) is 1.89. The van der Waals surface area contributed by atoms with Gasteiger partial charge in [0.2, 0.25) is 0 Å². The molecule has 1 amide bonds. The Labute approximate surface area is 186 Å². The van der Waals surface area contributed by atoms with Crippen LogP contribution in [0, 0.1) is 22.5 Å². The highest BCUT2D eigenvalue weighted by molar-refractivity contribution is 6.32. The molecule has 0 bridgehead atoms. The minimum absolute atomic E-state index is 0.0194. The smallest absolute Gasteiger partial charge is 0.416 e. The minimum Gasteiger partial charge on any atom is -0.456 e. The highest BCUT2D eigenvalue weighted by atomic mass is 35.5. The lowest BCUT2D eigenvalue weighted by Crippen LogP contribution is -2.33. The van der Waals surface area contributed by atoms with Gasteiger partial charge in [-0.05, 0) is 36.8 Å². The van der Waals surface area contributed by atoms with E-state index in [9.17, 15) is 28.1 Å². The number of carbonyl (C=O) groups excluding carboxylic acids is 1. The van der Waals surface area contributed by atoms with E-state index in [-0.39, 0.29) is 40.9 Å². The van der Waals surface area contributed by atoms with Crippen LogP contribution in [-0.2, 0) is 22.2 Å². The van der Waals surface area contributed by atoms with Gasteiger partial charge < -0.3 is 4.74 Å². The Bertz CT molecular complexity index is 1040. The SMILES string of the molecule is C#CCON(CCC)C(=O)Cc1cc(Oc2ccc(C(F)(F)F)cc2Cl)ccc1[N+](=O)[O-]. The number of halogens is 4. The number of rotatable bonds is 9. The van der Waals surface area contributed by atoms with E-state index in [0.29, 0.717) is 12.5 Å².